The third-order valence-corrected chi connectivity index (χ3v) is 2.47. The number of aliphatic hydroxyl groups excluding tert-OH is 2. The highest BCUT2D eigenvalue weighted by molar-refractivity contribution is 5.91. The van der Waals surface area contributed by atoms with Crippen LogP contribution in [0.4, 0.5) is 13.2 Å². The molecule has 1 aromatic carbocycles. The molecule has 0 fully saturated rings. The fourth-order valence-electron chi connectivity index (χ4n) is 1.54. The summed E-state index contributed by atoms with van der Waals surface area (Å²) in [4.78, 5) is 10.8. The van der Waals surface area contributed by atoms with Crippen LogP contribution in [0.3, 0.4) is 0 Å². The Hall–Kier alpha value is -2.31. The van der Waals surface area contributed by atoms with E-state index in [-0.39, 0.29) is 5.56 Å². The molecule has 0 spiro atoms. The predicted molar refractivity (Wildman–Crippen MR) is 61.3 cm³/mol. The van der Waals surface area contributed by atoms with Gasteiger partial charge in [0.1, 0.15) is 17.4 Å². The molecule has 2 atom stereocenters. The summed E-state index contributed by atoms with van der Waals surface area (Å²) in [6.45, 7) is 0. The van der Waals surface area contributed by atoms with Crippen molar-refractivity contribution in [3.63, 3.8) is 0 Å². The van der Waals surface area contributed by atoms with Crippen molar-refractivity contribution in [3.05, 3.63) is 29.3 Å². The molecule has 3 N–H and O–H groups in total. The number of halogens is 3. The molecule has 0 aromatic heterocycles. The molecule has 0 bridgehead atoms. The molecule has 0 aliphatic rings. The van der Waals surface area contributed by atoms with Gasteiger partial charge >= 0.3 is 12.3 Å². The quantitative estimate of drug-likeness (QED) is 0.762. The van der Waals surface area contributed by atoms with Crippen LogP contribution in [0.25, 0.3) is 0 Å². The number of aromatic carboxylic acids is 1. The summed E-state index contributed by atoms with van der Waals surface area (Å²) >= 11 is 0. The monoisotopic (exact) mass is 305 g/mol. The summed E-state index contributed by atoms with van der Waals surface area (Å²) in [7, 11) is 0. The molecule has 0 amide bonds. The van der Waals surface area contributed by atoms with Crippen LogP contribution in [0.1, 0.15) is 28.4 Å². The third kappa shape index (κ3) is 4.62. The van der Waals surface area contributed by atoms with Gasteiger partial charge in [-0.1, -0.05) is 6.07 Å². The van der Waals surface area contributed by atoms with E-state index in [9.17, 15) is 28.2 Å². The molecule has 0 radical (unpaired) electrons. The maximum absolute atomic E-state index is 12.2. The molecule has 114 valence electrons. The van der Waals surface area contributed by atoms with Gasteiger partial charge < -0.3 is 20.1 Å². The van der Waals surface area contributed by atoms with Gasteiger partial charge in [0.05, 0.1) is 18.6 Å². The second-order valence-corrected chi connectivity index (χ2v) is 3.98. The number of rotatable bonds is 5. The topological polar surface area (TPSA) is 111 Å². The number of nitrogens with zero attached hydrogens (tertiary/aromatic N) is 1. The highest BCUT2D eigenvalue weighted by Gasteiger charge is 2.33. The van der Waals surface area contributed by atoms with Gasteiger partial charge in [-0.3, -0.25) is 0 Å². The lowest BCUT2D eigenvalue weighted by Gasteiger charge is -2.18. The molecular weight excluding hydrogens is 295 g/mol. The van der Waals surface area contributed by atoms with Gasteiger partial charge in [-0.05, 0) is 17.7 Å². The van der Waals surface area contributed by atoms with Crippen LogP contribution in [-0.4, -0.2) is 33.8 Å². The number of carboxylic acids is 1. The Morgan fingerprint density at radius 1 is 1.38 bits per heavy atom. The number of carbonyl (C=O) groups is 1. The molecule has 9 heteroatoms. The van der Waals surface area contributed by atoms with Crippen molar-refractivity contribution >= 4 is 5.97 Å². The first-order chi connectivity index (χ1) is 9.65. The van der Waals surface area contributed by atoms with E-state index < -0.39 is 42.3 Å². The zero-order valence-corrected chi connectivity index (χ0v) is 10.3. The maximum Gasteiger partial charge on any atom is 0.573 e. The van der Waals surface area contributed by atoms with E-state index in [1.165, 1.54) is 0 Å². The van der Waals surface area contributed by atoms with Crippen LogP contribution in [0, 0.1) is 11.3 Å². The van der Waals surface area contributed by atoms with Gasteiger partial charge in [-0.15, -0.1) is 13.2 Å². The van der Waals surface area contributed by atoms with Gasteiger partial charge in [0, 0.05) is 0 Å². The summed E-state index contributed by atoms with van der Waals surface area (Å²) in [5.74, 6) is -2.66. The number of hydrogen-bond donors (Lipinski definition) is 3. The zero-order chi connectivity index (χ0) is 16.2. The highest BCUT2D eigenvalue weighted by atomic mass is 19.4. The molecule has 0 heterocycles. The minimum atomic E-state index is -5.11. The SMILES string of the molecule is N#CCC(O)C(O)c1ccc(C(=O)O)c(OC(F)(F)F)c1. The fourth-order valence-corrected chi connectivity index (χ4v) is 1.54. The third-order valence-electron chi connectivity index (χ3n) is 2.47. The number of hydrogen-bond acceptors (Lipinski definition) is 5. The van der Waals surface area contributed by atoms with Crippen molar-refractivity contribution < 1.29 is 38.0 Å². The van der Waals surface area contributed by atoms with Crippen molar-refractivity contribution in [2.45, 2.75) is 25.0 Å². The normalized spacial score (nSPS) is 14.1. The number of benzene rings is 1. The minimum absolute atomic E-state index is 0.206. The first-order valence-electron chi connectivity index (χ1n) is 5.51. The summed E-state index contributed by atoms with van der Waals surface area (Å²) < 4.78 is 40.3. The van der Waals surface area contributed by atoms with Crippen molar-refractivity contribution in [3.8, 4) is 11.8 Å². The molecular formula is C12H10F3NO5. The van der Waals surface area contributed by atoms with Gasteiger partial charge in [0.2, 0.25) is 0 Å². The fraction of sp³-hybridized carbons (Fsp3) is 0.333. The van der Waals surface area contributed by atoms with Gasteiger partial charge in [-0.2, -0.15) is 5.26 Å². The Bertz CT molecular complexity index is 567. The largest absolute Gasteiger partial charge is 0.573 e. The Morgan fingerprint density at radius 2 is 2.00 bits per heavy atom. The van der Waals surface area contributed by atoms with E-state index >= 15 is 0 Å². The van der Waals surface area contributed by atoms with E-state index in [0.717, 1.165) is 12.1 Å². The van der Waals surface area contributed by atoms with Crippen LogP contribution >= 0.6 is 0 Å². The van der Waals surface area contributed by atoms with Crippen molar-refractivity contribution in [1.29, 1.82) is 5.26 Å². The van der Waals surface area contributed by atoms with Crippen LogP contribution in [0.2, 0.25) is 0 Å². The van der Waals surface area contributed by atoms with E-state index in [0.29, 0.717) is 6.07 Å². The number of carboxylic acid groups (broad SMARTS) is 1. The maximum atomic E-state index is 12.2. The van der Waals surface area contributed by atoms with Crippen LogP contribution in [-0.2, 0) is 0 Å². The van der Waals surface area contributed by atoms with Crippen molar-refractivity contribution in [2.24, 2.45) is 0 Å². The van der Waals surface area contributed by atoms with E-state index in [4.69, 9.17) is 10.4 Å². The van der Waals surface area contributed by atoms with Crippen LogP contribution in [0.15, 0.2) is 18.2 Å². The molecule has 0 aliphatic heterocycles. The number of nitriles is 1. The number of ether oxygens (including phenoxy) is 1. The first kappa shape index (κ1) is 16.7. The summed E-state index contributed by atoms with van der Waals surface area (Å²) in [5, 5.41) is 36.3. The Morgan fingerprint density at radius 3 is 2.48 bits per heavy atom. The lowest BCUT2D eigenvalue weighted by atomic mass is 10.0. The average molecular weight is 305 g/mol. The second kappa shape index (κ2) is 6.43. The lowest BCUT2D eigenvalue weighted by molar-refractivity contribution is -0.274. The molecule has 21 heavy (non-hydrogen) atoms. The number of aliphatic hydroxyl groups is 2. The molecule has 1 aromatic rings. The summed E-state index contributed by atoms with van der Waals surface area (Å²) in [5.41, 5.74) is -0.958. The summed E-state index contributed by atoms with van der Waals surface area (Å²) in [6, 6.07) is 4.07. The zero-order valence-electron chi connectivity index (χ0n) is 10.3. The Balaban J connectivity index is 3.18. The number of alkyl halides is 3. The van der Waals surface area contributed by atoms with Crippen LogP contribution < -0.4 is 4.74 Å². The minimum Gasteiger partial charge on any atom is -0.478 e. The standard InChI is InChI=1S/C12H10F3NO5/c13-12(14,15)21-9-5-6(1-2-7(9)11(19)20)10(18)8(17)3-4-16/h1-2,5,8,10,17-18H,3H2,(H,19,20). The predicted octanol–water partition coefficient (Wildman–Crippen LogP) is 1.59. The van der Waals surface area contributed by atoms with E-state index in [1.54, 1.807) is 6.07 Å². The van der Waals surface area contributed by atoms with Crippen molar-refractivity contribution in [2.75, 3.05) is 0 Å². The molecule has 2 unspecified atom stereocenters. The lowest BCUT2D eigenvalue weighted by Crippen LogP contribution is -2.21. The summed E-state index contributed by atoms with van der Waals surface area (Å²) in [6.07, 6.45) is -8.73. The smallest absolute Gasteiger partial charge is 0.478 e. The Kier molecular flexibility index (Phi) is 5.12. The van der Waals surface area contributed by atoms with Gasteiger partial charge in [-0.25, -0.2) is 4.79 Å². The van der Waals surface area contributed by atoms with Crippen molar-refractivity contribution in [1.82, 2.24) is 0 Å². The average Bonchev–Trinajstić information content (AvgIpc) is 2.35. The second-order valence-electron chi connectivity index (χ2n) is 3.98. The van der Waals surface area contributed by atoms with Crippen LogP contribution in [0.5, 0.6) is 5.75 Å². The first-order valence-corrected chi connectivity index (χ1v) is 5.51. The molecule has 1 rings (SSSR count). The molecule has 6 nitrogen and oxygen atoms in total. The van der Waals surface area contributed by atoms with E-state index in [1.807, 2.05) is 0 Å². The highest BCUT2D eigenvalue weighted by Crippen LogP contribution is 2.30. The molecule has 0 saturated heterocycles. The van der Waals surface area contributed by atoms with Gasteiger partial charge in [0.15, 0.2) is 0 Å². The van der Waals surface area contributed by atoms with Gasteiger partial charge in [0.25, 0.3) is 0 Å². The Labute approximate surface area is 116 Å². The molecule has 0 saturated carbocycles. The molecule has 0 aliphatic carbocycles. The van der Waals surface area contributed by atoms with E-state index in [2.05, 4.69) is 4.74 Å².